The number of unbranched alkanes of at least 4 members (excludes halogenated alkanes) is 1. The summed E-state index contributed by atoms with van der Waals surface area (Å²) < 4.78 is 28.5. The van der Waals surface area contributed by atoms with E-state index in [-0.39, 0.29) is 30.1 Å². The number of ether oxygens (including phenoxy) is 2. The van der Waals surface area contributed by atoms with Crippen LogP contribution in [0.1, 0.15) is 32.4 Å². The van der Waals surface area contributed by atoms with Gasteiger partial charge in [-0.3, -0.25) is 28.8 Å². The molecule has 6 atom stereocenters. The molecular weight excluding hydrogens is 517 g/mol. The average Bonchev–Trinajstić information content (AvgIpc) is 3.37. The first-order valence-corrected chi connectivity index (χ1v) is 12.8. The van der Waals surface area contributed by atoms with Gasteiger partial charge in [-0.25, -0.2) is 9.78 Å². The molecule has 37 heavy (non-hydrogen) atoms. The number of H-pyrrole nitrogens is 1. The van der Waals surface area contributed by atoms with Crippen molar-refractivity contribution in [3.8, 4) is 0 Å². The van der Waals surface area contributed by atoms with Gasteiger partial charge < -0.3 is 40.2 Å². The lowest BCUT2D eigenvalue weighted by atomic mass is 10.1. The molecule has 17 nitrogen and oxygen atoms in total. The number of aliphatic hydroxyl groups excluding tert-OH is 2. The van der Waals surface area contributed by atoms with Gasteiger partial charge in [0.15, 0.2) is 17.4 Å². The summed E-state index contributed by atoms with van der Waals surface area (Å²) in [4.78, 5) is 57.2. The summed E-state index contributed by atoms with van der Waals surface area (Å²) in [6.07, 6.45) is -3.38. The Labute approximate surface area is 209 Å². The Balaban J connectivity index is 1.50. The predicted octanol–water partition coefficient (Wildman–Crippen LogP) is -2.76. The summed E-state index contributed by atoms with van der Waals surface area (Å²) in [5, 5.41) is 25.5. The molecule has 3 rings (SSSR count). The maximum absolute atomic E-state index is 12.2. The fourth-order valence-corrected chi connectivity index (χ4v) is 4.64. The zero-order chi connectivity index (χ0) is 27.3. The summed E-state index contributed by atoms with van der Waals surface area (Å²) >= 11 is 0. The third-order valence-corrected chi connectivity index (χ3v) is 6.66. The van der Waals surface area contributed by atoms with Crippen LogP contribution in [-0.4, -0.2) is 86.2 Å². The maximum atomic E-state index is 12.2. The van der Waals surface area contributed by atoms with E-state index in [1.165, 1.54) is 24.9 Å². The summed E-state index contributed by atoms with van der Waals surface area (Å²) in [5.74, 6) is -1.20. The minimum absolute atomic E-state index is 0.00294. The number of rotatable bonds is 12. The number of hydrogen-bond donors (Lipinski definition) is 6. The van der Waals surface area contributed by atoms with Crippen LogP contribution in [-0.2, 0) is 28.2 Å². The van der Waals surface area contributed by atoms with Crippen LogP contribution < -0.4 is 26.6 Å². The van der Waals surface area contributed by atoms with E-state index < -0.39 is 62.4 Å². The minimum atomic E-state index is -4.56. The summed E-state index contributed by atoms with van der Waals surface area (Å²) in [7, 11) is -3.37. The number of aliphatic hydroxyl groups is 2. The predicted molar refractivity (Wildman–Crippen MR) is 124 cm³/mol. The standard InChI is InChI=1S/C19H30N7O10P/c1-9(27)23-10(18(31)34-2)5-3-4-6-22-37(32,33)35-7-11-13(28)14(29)17(36-11)26-8-21-12-15(26)24-19(20)25-16(12)30/h8,10-11,13-14,17,28-29H,3-7H2,1-2H3,(H,23,27)(H2,22,32,33)(H3,20,24,25,30)/p-1. The van der Waals surface area contributed by atoms with E-state index in [9.17, 15) is 34.1 Å². The molecule has 6 unspecified atom stereocenters. The number of nitrogens with one attached hydrogen (secondary N) is 3. The molecule has 0 aromatic carbocycles. The van der Waals surface area contributed by atoms with Crippen LogP contribution in [0.2, 0.25) is 0 Å². The number of aromatic amines is 1. The molecule has 1 saturated heterocycles. The number of hydrogen-bond acceptors (Lipinski definition) is 13. The Morgan fingerprint density at radius 1 is 1.38 bits per heavy atom. The van der Waals surface area contributed by atoms with Gasteiger partial charge in [-0.2, -0.15) is 4.98 Å². The molecule has 0 radical (unpaired) electrons. The van der Waals surface area contributed by atoms with Crippen LogP contribution >= 0.6 is 7.75 Å². The third-order valence-electron chi connectivity index (χ3n) is 5.56. The number of methoxy groups -OCH3 is 1. The second kappa shape index (κ2) is 12.1. The van der Waals surface area contributed by atoms with Crippen molar-refractivity contribution in [2.75, 3.05) is 26.0 Å². The van der Waals surface area contributed by atoms with Gasteiger partial charge in [0.05, 0.1) is 20.0 Å². The largest absolute Gasteiger partial charge is 0.766 e. The quantitative estimate of drug-likeness (QED) is 0.0896. The number of aromatic nitrogens is 4. The lowest BCUT2D eigenvalue weighted by Gasteiger charge is -2.26. The molecule has 0 aliphatic carbocycles. The normalized spacial score (nSPS) is 24.0. The second-order valence-corrected chi connectivity index (χ2v) is 9.86. The number of nitrogen functional groups attached to an aromatic ring is 1. The molecule has 1 aliphatic rings. The van der Waals surface area contributed by atoms with Gasteiger partial charge in [0.2, 0.25) is 19.6 Å². The van der Waals surface area contributed by atoms with Gasteiger partial charge in [-0.05, 0) is 19.3 Å². The van der Waals surface area contributed by atoms with Gasteiger partial charge in [0.25, 0.3) is 5.56 Å². The van der Waals surface area contributed by atoms with Crippen molar-refractivity contribution in [2.24, 2.45) is 0 Å². The molecule has 1 fully saturated rings. The number of nitrogens with two attached hydrogens (primary N) is 1. The monoisotopic (exact) mass is 546 g/mol. The molecule has 0 bridgehead atoms. The topological polar surface area (TPSA) is 256 Å². The highest BCUT2D eigenvalue weighted by atomic mass is 31.2. The molecule has 2 aromatic rings. The molecule has 206 valence electrons. The number of carbonyl (C=O) groups is 2. The van der Waals surface area contributed by atoms with Gasteiger partial charge in [0.1, 0.15) is 24.4 Å². The fraction of sp³-hybridized carbons (Fsp3) is 0.632. The summed E-state index contributed by atoms with van der Waals surface area (Å²) in [6.45, 7) is 0.634. The highest BCUT2D eigenvalue weighted by molar-refractivity contribution is 7.49. The Kier molecular flexibility index (Phi) is 9.36. The van der Waals surface area contributed by atoms with E-state index in [1.807, 2.05) is 0 Å². The van der Waals surface area contributed by atoms with E-state index in [0.29, 0.717) is 12.8 Å². The number of fused-ring (bicyclic) bond motifs is 1. The number of anilines is 1. The molecule has 0 saturated carbocycles. The average molecular weight is 546 g/mol. The molecule has 3 heterocycles. The summed E-state index contributed by atoms with van der Waals surface area (Å²) in [5.41, 5.74) is 4.89. The SMILES string of the molecule is COC(=O)C(CCCCNP(=O)([O-])OCC1OC(n2cnc3c(=O)[nH]c(N)nc32)C(O)C1O)NC(C)=O. The van der Waals surface area contributed by atoms with Crippen molar-refractivity contribution in [1.82, 2.24) is 29.9 Å². The molecule has 18 heteroatoms. The van der Waals surface area contributed by atoms with E-state index in [4.69, 9.17) is 15.0 Å². The zero-order valence-electron chi connectivity index (χ0n) is 20.0. The van der Waals surface area contributed by atoms with Crippen LogP contribution in [0.15, 0.2) is 11.1 Å². The highest BCUT2D eigenvalue weighted by Crippen LogP contribution is 2.36. The number of amides is 1. The first-order chi connectivity index (χ1) is 17.4. The molecule has 2 aromatic heterocycles. The van der Waals surface area contributed by atoms with Crippen LogP contribution in [0.25, 0.3) is 11.2 Å². The van der Waals surface area contributed by atoms with Gasteiger partial charge in [0, 0.05) is 13.5 Å². The van der Waals surface area contributed by atoms with Crippen molar-refractivity contribution in [2.45, 2.75) is 56.8 Å². The van der Waals surface area contributed by atoms with E-state index in [2.05, 4.69) is 30.1 Å². The van der Waals surface area contributed by atoms with Gasteiger partial charge in [-0.1, -0.05) is 0 Å². The second-order valence-electron chi connectivity index (χ2n) is 8.29. The number of esters is 1. The van der Waals surface area contributed by atoms with Crippen LogP contribution in [0.3, 0.4) is 0 Å². The van der Waals surface area contributed by atoms with Crippen molar-refractivity contribution >= 4 is 36.7 Å². The maximum Gasteiger partial charge on any atom is 0.328 e. The smallest absolute Gasteiger partial charge is 0.328 e. The van der Waals surface area contributed by atoms with Gasteiger partial charge in [-0.15, -0.1) is 0 Å². The van der Waals surface area contributed by atoms with Crippen LogP contribution in [0.5, 0.6) is 0 Å². The fourth-order valence-electron chi connectivity index (χ4n) is 3.77. The van der Waals surface area contributed by atoms with Crippen molar-refractivity contribution in [1.29, 1.82) is 0 Å². The Hall–Kier alpha value is -2.92. The zero-order valence-corrected chi connectivity index (χ0v) is 20.9. The van der Waals surface area contributed by atoms with E-state index in [1.54, 1.807) is 0 Å². The Morgan fingerprint density at radius 2 is 2.11 bits per heavy atom. The molecule has 1 aliphatic heterocycles. The molecule has 7 N–H and O–H groups in total. The first-order valence-electron chi connectivity index (χ1n) is 11.2. The van der Waals surface area contributed by atoms with Crippen LogP contribution in [0, 0.1) is 0 Å². The molecule has 1 amide bonds. The Bertz CT molecular complexity index is 1220. The van der Waals surface area contributed by atoms with Crippen molar-refractivity contribution in [3.63, 3.8) is 0 Å². The Morgan fingerprint density at radius 3 is 2.78 bits per heavy atom. The lowest BCUT2D eigenvalue weighted by molar-refractivity contribution is -0.205. The highest BCUT2D eigenvalue weighted by Gasteiger charge is 2.44. The molecular formula is C19H29N7O10P-. The number of carbonyl (C=O) groups excluding carboxylic acids is 2. The van der Waals surface area contributed by atoms with E-state index in [0.717, 1.165) is 0 Å². The number of nitrogens with zero attached hydrogens (tertiary/aromatic N) is 3. The molecule has 0 spiro atoms. The third kappa shape index (κ3) is 7.10. The first kappa shape index (κ1) is 28.6. The summed E-state index contributed by atoms with van der Waals surface area (Å²) in [6, 6.07) is -0.837. The van der Waals surface area contributed by atoms with E-state index >= 15 is 0 Å². The van der Waals surface area contributed by atoms with Crippen LogP contribution in [0.4, 0.5) is 5.95 Å². The van der Waals surface area contributed by atoms with Crippen molar-refractivity contribution in [3.05, 3.63) is 16.7 Å². The lowest BCUT2D eigenvalue weighted by Crippen LogP contribution is -2.40. The minimum Gasteiger partial charge on any atom is -0.766 e. The van der Waals surface area contributed by atoms with Gasteiger partial charge >= 0.3 is 5.97 Å². The number of imidazole rings is 1. The van der Waals surface area contributed by atoms with Crippen molar-refractivity contribution < 1.29 is 43.3 Å².